The van der Waals surface area contributed by atoms with Crippen LogP contribution in [0.2, 0.25) is 10.0 Å². The van der Waals surface area contributed by atoms with Crippen molar-refractivity contribution in [3.05, 3.63) is 125 Å². The van der Waals surface area contributed by atoms with E-state index in [4.69, 9.17) is 47.1 Å². The van der Waals surface area contributed by atoms with E-state index in [1.54, 1.807) is 30.7 Å². The molecule has 9 nitrogen and oxygen atoms in total. The molecule has 0 aliphatic carbocycles. The Bertz CT molecular complexity index is 2250. The van der Waals surface area contributed by atoms with E-state index in [1.807, 2.05) is 67.7 Å². The Hall–Kier alpha value is -4.35. The molecule has 3 heterocycles. The normalized spacial score (nSPS) is 14.6. The molecule has 0 fully saturated rings. The first-order chi connectivity index (χ1) is 23.7. The standard InChI is InChI=1S/C37H35Cl2N3O6S/c1-5-15-47-34-26(10-8-12-30(34)46-4)33-32(36(44)48-17-16-45-3)22(2)40-37-42(33)35(43)31(49-37)19-24-21-41(29-11-7-6-9-25(24)29)20-23-13-14-27(38)28(39)18-23/h6-14,18-19,21,33H,5,15-17,20H2,1-4H3/b31-19+/t33-/m1/s1. The van der Waals surface area contributed by atoms with Gasteiger partial charge in [0.15, 0.2) is 16.3 Å². The van der Waals surface area contributed by atoms with Crippen molar-refractivity contribution in [2.45, 2.75) is 32.9 Å². The first-order valence-electron chi connectivity index (χ1n) is 15.8. The summed E-state index contributed by atoms with van der Waals surface area (Å²) in [5.41, 5.74) is 3.82. The predicted molar refractivity (Wildman–Crippen MR) is 193 cm³/mol. The monoisotopic (exact) mass is 719 g/mol. The minimum absolute atomic E-state index is 0.0485. The van der Waals surface area contributed by atoms with Crippen molar-refractivity contribution in [2.75, 3.05) is 34.0 Å². The van der Waals surface area contributed by atoms with Gasteiger partial charge < -0.3 is 23.5 Å². The lowest BCUT2D eigenvalue weighted by molar-refractivity contribution is -0.140. The first-order valence-corrected chi connectivity index (χ1v) is 17.3. The molecule has 3 aromatic carbocycles. The molecule has 0 bridgehead atoms. The van der Waals surface area contributed by atoms with Gasteiger partial charge in [0.2, 0.25) is 0 Å². The quantitative estimate of drug-likeness (QED) is 0.108. The summed E-state index contributed by atoms with van der Waals surface area (Å²) in [6, 6.07) is 18.2. The number of hydrogen-bond donors (Lipinski definition) is 0. The van der Waals surface area contributed by atoms with Crippen molar-refractivity contribution in [3.8, 4) is 11.5 Å². The number of carbonyl (C=O) groups excluding carboxylic acids is 1. The third-order valence-corrected chi connectivity index (χ3v) is 9.90. The van der Waals surface area contributed by atoms with E-state index in [-0.39, 0.29) is 24.3 Å². The Morgan fingerprint density at radius 1 is 1.02 bits per heavy atom. The van der Waals surface area contributed by atoms with Gasteiger partial charge in [0.05, 0.1) is 46.2 Å². The van der Waals surface area contributed by atoms with Crippen LogP contribution in [0, 0.1) is 0 Å². The van der Waals surface area contributed by atoms with Gasteiger partial charge in [-0.1, -0.05) is 77.9 Å². The van der Waals surface area contributed by atoms with Crippen molar-refractivity contribution in [1.82, 2.24) is 9.13 Å². The Balaban J connectivity index is 1.52. The second kappa shape index (κ2) is 15.0. The van der Waals surface area contributed by atoms with Crippen molar-refractivity contribution in [2.24, 2.45) is 4.99 Å². The number of fused-ring (bicyclic) bond motifs is 2. The molecule has 5 aromatic rings. The van der Waals surface area contributed by atoms with Crippen LogP contribution in [0.4, 0.5) is 0 Å². The highest BCUT2D eigenvalue weighted by atomic mass is 35.5. The van der Waals surface area contributed by atoms with Crippen LogP contribution < -0.4 is 24.4 Å². The molecule has 0 saturated carbocycles. The number of allylic oxidation sites excluding steroid dienone is 1. The van der Waals surface area contributed by atoms with Crippen LogP contribution in [0.25, 0.3) is 17.0 Å². The van der Waals surface area contributed by atoms with Gasteiger partial charge in [0.25, 0.3) is 5.56 Å². The maximum Gasteiger partial charge on any atom is 0.338 e. The van der Waals surface area contributed by atoms with Crippen LogP contribution in [-0.2, 0) is 20.8 Å². The number of para-hydroxylation sites is 2. The highest BCUT2D eigenvalue weighted by Crippen LogP contribution is 2.41. The van der Waals surface area contributed by atoms with Crippen LogP contribution >= 0.6 is 34.5 Å². The van der Waals surface area contributed by atoms with Crippen LogP contribution in [0.3, 0.4) is 0 Å². The van der Waals surface area contributed by atoms with Crippen LogP contribution in [0.15, 0.2) is 87.9 Å². The summed E-state index contributed by atoms with van der Waals surface area (Å²) in [6.45, 7) is 5.00. The number of hydrogen-bond acceptors (Lipinski definition) is 8. The number of ether oxygens (including phenoxy) is 4. The summed E-state index contributed by atoms with van der Waals surface area (Å²) in [5.74, 6) is 0.352. The lowest BCUT2D eigenvalue weighted by atomic mass is 9.94. The van der Waals surface area contributed by atoms with Crippen molar-refractivity contribution >= 4 is 57.5 Å². The summed E-state index contributed by atoms with van der Waals surface area (Å²) < 4.78 is 26.7. The number of benzene rings is 3. The average Bonchev–Trinajstić information content (AvgIpc) is 3.60. The smallest absolute Gasteiger partial charge is 0.338 e. The summed E-state index contributed by atoms with van der Waals surface area (Å²) in [6.07, 6.45) is 4.65. The van der Waals surface area contributed by atoms with E-state index in [0.717, 1.165) is 28.5 Å². The molecule has 1 aliphatic rings. The number of thiazole rings is 1. The SMILES string of the molecule is CCCOc1c(OC)cccc1[C@@H]1C(C(=O)OCCOC)=C(C)N=c2s/c(=C/c3cn(Cc4ccc(Cl)c(Cl)c4)c4ccccc34)c(=O)n21. The molecule has 1 aliphatic heterocycles. The van der Waals surface area contributed by atoms with Crippen LogP contribution in [0.1, 0.15) is 43.0 Å². The summed E-state index contributed by atoms with van der Waals surface area (Å²) >= 11 is 13.7. The van der Waals surface area contributed by atoms with Crippen LogP contribution in [0.5, 0.6) is 11.5 Å². The second-order valence-corrected chi connectivity index (χ2v) is 13.2. The Morgan fingerprint density at radius 2 is 1.84 bits per heavy atom. The fourth-order valence-electron chi connectivity index (χ4n) is 5.94. The van der Waals surface area contributed by atoms with Gasteiger partial charge in [0.1, 0.15) is 12.6 Å². The Labute approximate surface area is 297 Å². The molecule has 1 atom stereocenters. The van der Waals surface area contributed by atoms with E-state index < -0.39 is 12.0 Å². The number of esters is 1. The number of nitrogens with zero attached hydrogens (tertiary/aromatic N) is 3. The van der Waals surface area contributed by atoms with Crippen molar-refractivity contribution in [1.29, 1.82) is 0 Å². The molecule has 12 heteroatoms. The molecule has 254 valence electrons. The number of halogens is 2. The van der Waals surface area contributed by atoms with Crippen molar-refractivity contribution in [3.63, 3.8) is 0 Å². The van der Waals surface area contributed by atoms with E-state index in [0.29, 0.717) is 55.3 Å². The first kappa shape index (κ1) is 34.5. The minimum atomic E-state index is -0.883. The number of aromatic nitrogens is 2. The Morgan fingerprint density at radius 3 is 2.59 bits per heavy atom. The fourth-order valence-corrected chi connectivity index (χ4v) is 7.29. The summed E-state index contributed by atoms with van der Waals surface area (Å²) in [5, 5.41) is 1.96. The van der Waals surface area contributed by atoms with Crippen LogP contribution in [-0.4, -0.2) is 49.1 Å². The zero-order valence-electron chi connectivity index (χ0n) is 27.5. The molecule has 49 heavy (non-hydrogen) atoms. The summed E-state index contributed by atoms with van der Waals surface area (Å²) in [4.78, 5) is 33.4. The zero-order valence-corrected chi connectivity index (χ0v) is 29.8. The lowest BCUT2D eigenvalue weighted by Gasteiger charge is -2.27. The lowest BCUT2D eigenvalue weighted by Crippen LogP contribution is -2.40. The molecule has 0 amide bonds. The molecule has 0 radical (unpaired) electrons. The number of methoxy groups -OCH3 is 2. The van der Waals surface area contributed by atoms with Gasteiger partial charge in [-0.2, -0.15) is 0 Å². The molecule has 6 rings (SSSR count). The van der Waals surface area contributed by atoms with Gasteiger partial charge in [-0.15, -0.1) is 0 Å². The van der Waals surface area contributed by atoms with E-state index in [1.165, 1.54) is 18.4 Å². The van der Waals surface area contributed by atoms with E-state index in [9.17, 15) is 9.59 Å². The van der Waals surface area contributed by atoms with E-state index in [2.05, 4.69) is 4.57 Å². The maximum atomic E-state index is 14.5. The highest BCUT2D eigenvalue weighted by molar-refractivity contribution is 7.07. The Kier molecular flexibility index (Phi) is 10.6. The predicted octanol–water partition coefficient (Wildman–Crippen LogP) is 6.53. The number of rotatable bonds is 12. The fraction of sp³-hybridized carbons (Fsp3) is 0.270. The third kappa shape index (κ3) is 6.91. The molecule has 2 aromatic heterocycles. The average molecular weight is 721 g/mol. The molecule has 0 saturated heterocycles. The largest absolute Gasteiger partial charge is 0.493 e. The molecule has 0 spiro atoms. The van der Waals surface area contributed by atoms with E-state index >= 15 is 0 Å². The number of carbonyl (C=O) groups is 1. The molecule has 0 N–H and O–H groups in total. The topological polar surface area (TPSA) is 93.3 Å². The third-order valence-electron chi connectivity index (χ3n) is 8.18. The van der Waals surface area contributed by atoms with Crippen molar-refractivity contribution < 1.29 is 23.7 Å². The second-order valence-electron chi connectivity index (χ2n) is 11.4. The molecule has 0 unspecified atom stereocenters. The van der Waals surface area contributed by atoms with Gasteiger partial charge in [-0.3, -0.25) is 9.36 Å². The maximum absolute atomic E-state index is 14.5. The van der Waals surface area contributed by atoms with Gasteiger partial charge >= 0.3 is 5.97 Å². The summed E-state index contributed by atoms with van der Waals surface area (Å²) in [7, 11) is 3.09. The minimum Gasteiger partial charge on any atom is -0.493 e. The molecular formula is C37H35Cl2N3O6S. The molecular weight excluding hydrogens is 685 g/mol. The zero-order chi connectivity index (χ0) is 34.7. The highest BCUT2D eigenvalue weighted by Gasteiger charge is 2.36. The van der Waals surface area contributed by atoms with Gasteiger partial charge in [-0.05, 0) is 49.2 Å². The van der Waals surface area contributed by atoms with Gasteiger partial charge in [0, 0.05) is 41.9 Å². The van der Waals surface area contributed by atoms with Gasteiger partial charge in [-0.25, -0.2) is 9.79 Å².